The van der Waals surface area contributed by atoms with E-state index in [-0.39, 0.29) is 4.90 Å². The zero-order chi connectivity index (χ0) is 14.7. The van der Waals surface area contributed by atoms with E-state index in [9.17, 15) is 23.3 Å². The van der Waals surface area contributed by atoms with Crippen molar-refractivity contribution in [3.63, 3.8) is 0 Å². The fraction of sp³-hybridized carbons (Fsp3) is 0.364. The maximum Gasteiger partial charge on any atom is 0.321 e. The SMILES string of the molecule is C[C@](CCC(=O)O)([N+](=O)[O-])S(=O)(=O)c1ccccc1. The van der Waals surface area contributed by atoms with Crippen molar-refractivity contribution in [3.05, 3.63) is 40.4 Å². The lowest BCUT2D eigenvalue weighted by Crippen LogP contribution is -2.43. The summed E-state index contributed by atoms with van der Waals surface area (Å²) in [6.45, 7) is 0.929. The molecule has 1 aromatic rings. The van der Waals surface area contributed by atoms with Gasteiger partial charge in [0, 0.05) is 18.3 Å². The smallest absolute Gasteiger partial charge is 0.321 e. The van der Waals surface area contributed by atoms with Crippen LogP contribution in [0.5, 0.6) is 0 Å². The van der Waals surface area contributed by atoms with Gasteiger partial charge in [0.15, 0.2) is 0 Å². The van der Waals surface area contributed by atoms with Gasteiger partial charge in [-0.3, -0.25) is 14.9 Å². The molecule has 0 unspecified atom stereocenters. The summed E-state index contributed by atoms with van der Waals surface area (Å²) in [7, 11) is -4.26. The highest BCUT2D eigenvalue weighted by Crippen LogP contribution is 2.30. The van der Waals surface area contributed by atoms with Gasteiger partial charge in [-0.1, -0.05) is 18.2 Å². The third-order valence-electron chi connectivity index (χ3n) is 2.82. The summed E-state index contributed by atoms with van der Waals surface area (Å²) in [4.78, 5) is 18.1. The predicted octanol–water partition coefficient (Wildman–Crippen LogP) is 1.32. The molecule has 0 aromatic heterocycles. The van der Waals surface area contributed by atoms with Crippen LogP contribution in [0, 0.1) is 10.1 Å². The molecule has 1 rings (SSSR count). The molecule has 1 aromatic carbocycles. The Hall–Kier alpha value is -1.96. The first-order valence-electron chi connectivity index (χ1n) is 5.38. The van der Waals surface area contributed by atoms with E-state index in [1.807, 2.05) is 0 Å². The van der Waals surface area contributed by atoms with Crippen molar-refractivity contribution in [2.45, 2.75) is 29.5 Å². The number of carboxylic acid groups (broad SMARTS) is 1. The molecule has 0 spiro atoms. The van der Waals surface area contributed by atoms with E-state index < -0.39 is 38.4 Å². The van der Waals surface area contributed by atoms with Crippen molar-refractivity contribution in [1.82, 2.24) is 0 Å². The molecule has 0 amide bonds. The van der Waals surface area contributed by atoms with Crippen LogP contribution in [0.3, 0.4) is 0 Å². The average Bonchev–Trinajstić information content (AvgIpc) is 2.36. The van der Waals surface area contributed by atoms with E-state index in [1.165, 1.54) is 24.3 Å². The van der Waals surface area contributed by atoms with Crippen LogP contribution in [0.2, 0.25) is 0 Å². The van der Waals surface area contributed by atoms with Gasteiger partial charge in [-0.15, -0.1) is 0 Å². The molecule has 1 atom stereocenters. The molecule has 104 valence electrons. The zero-order valence-electron chi connectivity index (χ0n) is 10.1. The molecule has 0 aliphatic heterocycles. The summed E-state index contributed by atoms with van der Waals surface area (Å²) < 4.78 is 24.5. The van der Waals surface area contributed by atoms with Gasteiger partial charge < -0.3 is 5.11 Å². The summed E-state index contributed by atoms with van der Waals surface area (Å²) in [5.41, 5.74) is 0. The number of benzene rings is 1. The van der Waals surface area contributed by atoms with Crippen molar-refractivity contribution in [2.75, 3.05) is 0 Å². The lowest BCUT2D eigenvalue weighted by molar-refractivity contribution is -0.537. The highest BCUT2D eigenvalue weighted by atomic mass is 32.2. The van der Waals surface area contributed by atoms with E-state index in [0.29, 0.717) is 0 Å². The summed E-state index contributed by atoms with van der Waals surface area (Å²) in [6.07, 6.45) is -1.18. The minimum atomic E-state index is -4.26. The third kappa shape index (κ3) is 2.90. The number of carboxylic acids is 1. The zero-order valence-corrected chi connectivity index (χ0v) is 11.0. The van der Waals surface area contributed by atoms with Gasteiger partial charge >= 0.3 is 10.8 Å². The molecule has 0 radical (unpaired) electrons. The second-order valence-electron chi connectivity index (χ2n) is 4.14. The summed E-state index contributed by atoms with van der Waals surface area (Å²) >= 11 is 0. The van der Waals surface area contributed by atoms with Gasteiger partial charge in [-0.2, -0.15) is 0 Å². The van der Waals surface area contributed by atoms with Crippen molar-refractivity contribution < 1.29 is 23.2 Å². The maximum absolute atomic E-state index is 12.3. The molecule has 19 heavy (non-hydrogen) atoms. The van der Waals surface area contributed by atoms with E-state index >= 15 is 0 Å². The predicted molar refractivity (Wildman–Crippen MR) is 65.9 cm³/mol. The summed E-state index contributed by atoms with van der Waals surface area (Å²) in [6, 6.07) is 6.98. The normalized spacial score (nSPS) is 14.6. The molecular formula is C11H13NO6S. The number of rotatable bonds is 6. The maximum atomic E-state index is 12.3. The lowest BCUT2D eigenvalue weighted by atomic mass is 10.2. The number of nitro groups is 1. The van der Waals surface area contributed by atoms with Gasteiger partial charge in [-0.25, -0.2) is 8.42 Å². The van der Waals surface area contributed by atoms with Crippen molar-refractivity contribution in [3.8, 4) is 0 Å². The Morgan fingerprint density at radius 2 is 1.89 bits per heavy atom. The molecular weight excluding hydrogens is 274 g/mol. The standard InChI is InChI=1S/C11H13NO6S/c1-11(12(15)16,8-7-10(13)14)19(17,18)9-5-3-2-4-6-9/h2-6H,7-8H2,1H3,(H,13,14)/t11-/m0/s1. The number of nitrogens with zero attached hydrogens (tertiary/aromatic N) is 1. The van der Waals surface area contributed by atoms with Crippen LogP contribution < -0.4 is 0 Å². The molecule has 7 nitrogen and oxygen atoms in total. The molecule has 0 saturated heterocycles. The van der Waals surface area contributed by atoms with E-state index in [2.05, 4.69) is 0 Å². The Bertz CT molecular complexity index is 582. The van der Waals surface area contributed by atoms with Crippen LogP contribution in [-0.4, -0.2) is 29.3 Å². The Kier molecular flexibility index (Phi) is 4.25. The second-order valence-corrected chi connectivity index (χ2v) is 6.50. The minimum absolute atomic E-state index is 0.195. The van der Waals surface area contributed by atoms with Gasteiger partial charge in [0.1, 0.15) is 0 Å². The largest absolute Gasteiger partial charge is 0.481 e. The van der Waals surface area contributed by atoms with Crippen LogP contribution in [0.25, 0.3) is 0 Å². The van der Waals surface area contributed by atoms with E-state index in [4.69, 9.17) is 5.11 Å². The molecule has 0 aliphatic carbocycles. The lowest BCUT2D eigenvalue weighted by Gasteiger charge is -2.20. The molecule has 0 fully saturated rings. The highest BCUT2D eigenvalue weighted by Gasteiger charge is 2.51. The van der Waals surface area contributed by atoms with Gasteiger partial charge in [0.05, 0.1) is 11.3 Å². The molecule has 0 saturated carbocycles. The van der Waals surface area contributed by atoms with Gasteiger partial charge in [-0.05, 0) is 12.1 Å². The average molecular weight is 287 g/mol. The fourth-order valence-corrected chi connectivity index (χ4v) is 3.11. The first kappa shape index (κ1) is 15.1. The van der Waals surface area contributed by atoms with Crippen LogP contribution in [-0.2, 0) is 14.6 Å². The number of carbonyl (C=O) groups is 1. The molecule has 0 bridgehead atoms. The third-order valence-corrected chi connectivity index (χ3v) is 5.23. The summed E-state index contributed by atoms with van der Waals surface area (Å²) in [5.74, 6) is -1.28. The second kappa shape index (κ2) is 5.35. The Balaban J connectivity index is 3.26. The molecule has 1 N–H and O–H groups in total. The van der Waals surface area contributed by atoms with Crippen LogP contribution in [0.15, 0.2) is 35.2 Å². The topological polar surface area (TPSA) is 115 Å². The highest BCUT2D eigenvalue weighted by molar-refractivity contribution is 7.92. The van der Waals surface area contributed by atoms with Gasteiger partial charge in [0.2, 0.25) is 9.84 Å². The van der Waals surface area contributed by atoms with Crippen molar-refractivity contribution in [2.24, 2.45) is 0 Å². The van der Waals surface area contributed by atoms with Crippen molar-refractivity contribution in [1.29, 1.82) is 0 Å². The number of sulfone groups is 1. The number of hydrogen-bond donors (Lipinski definition) is 1. The van der Waals surface area contributed by atoms with Crippen LogP contribution in [0.1, 0.15) is 19.8 Å². The Labute approximate surface area is 109 Å². The molecule has 8 heteroatoms. The Morgan fingerprint density at radius 3 is 2.32 bits per heavy atom. The molecule has 0 aliphatic rings. The quantitative estimate of drug-likeness (QED) is 0.623. The van der Waals surface area contributed by atoms with Crippen LogP contribution >= 0.6 is 0 Å². The van der Waals surface area contributed by atoms with Crippen LogP contribution in [0.4, 0.5) is 0 Å². The minimum Gasteiger partial charge on any atom is -0.481 e. The first-order chi connectivity index (χ1) is 8.72. The van der Waals surface area contributed by atoms with Gasteiger partial charge in [0.25, 0.3) is 0 Å². The Morgan fingerprint density at radius 1 is 1.37 bits per heavy atom. The monoisotopic (exact) mass is 287 g/mol. The number of hydrogen-bond acceptors (Lipinski definition) is 5. The summed E-state index contributed by atoms with van der Waals surface area (Å²) in [5, 5.41) is 19.7. The first-order valence-corrected chi connectivity index (χ1v) is 6.86. The van der Waals surface area contributed by atoms with E-state index in [1.54, 1.807) is 6.07 Å². The number of aliphatic carboxylic acids is 1. The fourth-order valence-electron chi connectivity index (χ4n) is 1.52. The van der Waals surface area contributed by atoms with Crippen molar-refractivity contribution >= 4 is 15.8 Å². The van der Waals surface area contributed by atoms with E-state index in [0.717, 1.165) is 6.92 Å². The molecule has 0 heterocycles.